The number of methoxy groups -OCH3 is 1. The second-order valence-corrected chi connectivity index (χ2v) is 2.75. The molecule has 0 bridgehead atoms. The van der Waals surface area contributed by atoms with Crippen molar-refractivity contribution in [2.24, 2.45) is 0 Å². The summed E-state index contributed by atoms with van der Waals surface area (Å²) in [5.41, 5.74) is 0. The largest absolute Gasteiger partial charge is 0.382 e. The van der Waals surface area contributed by atoms with Crippen LogP contribution in [0.2, 0.25) is 0 Å². The molecule has 0 saturated heterocycles. The number of ether oxygens (including phenoxy) is 3. The van der Waals surface area contributed by atoms with Gasteiger partial charge in [-0.1, -0.05) is 6.92 Å². The van der Waals surface area contributed by atoms with E-state index in [1.165, 1.54) is 0 Å². The molecule has 0 amide bonds. The molecular formula is C9H20O3. The van der Waals surface area contributed by atoms with E-state index in [0.717, 1.165) is 13.0 Å². The molecule has 0 N–H and O–H groups in total. The van der Waals surface area contributed by atoms with E-state index >= 15 is 0 Å². The summed E-state index contributed by atoms with van der Waals surface area (Å²) in [4.78, 5) is 0. The molecule has 0 aromatic rings. The van der Waals surface area contributed by atoms with Gasteiger partial charge in [-0.05, 0) is 13.3 Å². The standard InChI is InChI=1S/C9H20O3/c1-4-5-11-6-7-12-9(2)8-10-3/h9H,4-8H2,1-3H3. The Labute approximate surface area is 75.0 Å². The topological polar surface area (TPSA) is 27.7 Å². The Hall–Kier alpha value is -0.120. The van der Waals surface area contributed by atoms with Crippen molar-refractivity contribution in [3.63, 3.8) is 0 Å². The van der Waals surface area contributed by atoms with E-state index in [1.807, 2.05) is 6.92 Å². The van der Waals surface area contributed by atoms with Crippen LogP contribution in [0.15, 0.2) is 0 Å². The summed E-state index contributed by atoms with van der Waals surface area (Å²) in [6, 6.07) is 0. The first-order chi connectivity index (χ1) is 5.81. The fraction of sp³-hybridized carbons (Fsp3) is 1.00. The molecule has 0 aromatic carbocycles. The summed E-state index contributed by atoms with van der Waals surface area (Å²) in [7, 11) is 1.67. The molecule has 74 valence electrons. The first-order valence-corrected chi connectivity index (χ1v) is 4.49. The minimum atomic E-state index is 0.167. The number of hydrogen-bond donors (Lipinski definition) is 0. The lowest BCUT2D eigenvalue weighted by Crippen LogP contribution is -2.17. The summed E-state index contributed by atoms with van der Waals surface area (Å²) in [5, 5.41) is 0. The van der Waals surface area contributed by atoms with Gasteiger partial charge in [-0.2, -0.15) is 0 Å². The van der Waals surface area contributed by atoms with Gasteiger partial charge in [0.1, 0.15) is 0 Å². The molecule has 0 aliphatic carbocycles. The molecule has 0 aliphatic rings. The van der Waals surface area contributed by atoms with Gasteiger partial charge in [-0.25, -0.2) is 0 Å². The van der Waals surface area contributed by atoms with E-state index in [9.17, 15) is 0 Å². The number of rotatable bonds is 8. The maximum Gasteiger partial charge on any atom is 0.0781 e. The second-order valence-electron chi connectivity index (χ2n) is 2.75. The molecule has 0 aliphatic heterocycles. The predicted molar refractivity (Wildman–Crippen MR) is 48.4 cm³/mol. The van der Waals surface area contributed by atoms with Crippen LogP contribution in [0, 0.1) is 0 Å². The summed E-state index contributed by atoms with van der Waals surface area (Å²) in [6.07, 6.45) is 1.23. The maximum atomic E-state index is 5.38. The molecule has 12 heavy (non-hydrogen) atoms. The smallest absolute Gasteiger partial charge is 0.0781 e. The van der Waals surface area contributed by atoms with Crippen molar-refractivity contribution in [3.8, 4) is 0 Å². The van der Waals surface area contributed by atoms with Crippen molar-refractivity contribution < 1.29 is 14.2 Å². The Morgan fingerprint density at radius 1 is 1.17 bits per heavy atom. The first kappa shape index (κ1) is 11.9. The molecule has 1 atom stereocenters. The lowest BCUT2D eigenvalue weighted by Gasteiger charge is -2.11. The van der Waals surface area contributed by atoms with E-state index in [0.29, 0.717) is 19.8 Å². The Balaban J connectivity index is 2.97. The van der Waals surface area contributed by atoms with Gasteiger partial charge in [0, 0.05) is 13.7 Å². The van der Waals surface area contributed by atoms with Crippen LogP contribution in [-0.4, -0.2) is 39.6 Å². The minimum Gasteiger partial charge on any atom is -0.382 e. The third kappa shape index (κ3) is 7.98. The average Bonchev–Trinajstić information content (AvgIpc) is 2.05. The van der Waals surface area contributed by atoms with Gasteiger partial charge < -0.3 is 14.2 Å². The molecule has 0 spiro atoms. The van der Waals surface area contributed by atoms with Crippen LogP contribution in [0.3, 0.4) is 0 Å². The van der Waals surface area contributed by atoms with Crippen molar-refractivity contribution >= 4 is 0 Å². The van der Waals surface area contributed by atoms with Gasteiger partial charge in [0.05, 0.1) is 25.9 Å². The fourth-order valence-electron chi connectivity index (χ4n) is 0.837. The molecule has 3 heteroatoms. The average molecular weight is 176 g/mol. The van der Waals surface area contributed by atoms with Crippen LogP contribution in [0.1, 0.15) is 20.3 Å². The Bertz CT molecular complexity index is 85.8. The Morgan fingerprint density at radius 3 is 2.50 bits per heavy atom. The monoisotopic (exact) mass is 176 g/mol. The summed E-state index contributed by atoms with van der Waals surface area (Å²) < 4.78 is 15.5. The molecule has 0 saturated carbocycles. The van der Waals surface area contributed by atoms with Gasteiger partial charge in [-0.3, -0.25) is 0 Å². The number of hydrogen-bond acceptors (Lipinski definition) is 3. The minimum absolute atomic E-state index is 0.167. The van der Waals surface area contributed by atoms with Crippen molar-refractivity contribution in [3.05, 3.63) is 0 Å². The molecule has 0 heterocycles. The third-order valence-electron chi connectivity index (χ3n) is 1.38. The highest BCUT2D eigenvalue weighted by Gasteiger charge is 1.99. The van der Waals surface area contributed by atoms with E-state index in [1.54, 1.807) is 7.11 Å². The quantitative estimate of drug-likeness (QED) is 0.524. The van der Waals surface area contributed by atoms with Crippen molar-refractivity contribution in [2.75, 3.05) is 33.5 Å². The Morgan fingerprint density at radius 2 is 1.92 bits per heavy atom. The van der Waals surface area contributed by atoms with Crippen molar-refractivity contribution in [2.45, 2.75) is 26.4 Å². The van der Waals surface area contributed by atoms with Crippen molar-refractivity contribution in [1.82, 2.24) is 0 Å². The highest BCUT2D eigenvalue weighted by molar-refractivity contribution is 4.45. The molecule has 0 fully saturated rings. The lowest BCUT2D eigenvalue weighted by atomic mass is 10.4. The zero-order valence-electron chi connectivity index (χ0n) is 8.34. The van der Waals surface area contributed by atoms with E-state index < -0.39 is 0 Å². The molecule has 1 unspecified atom stereocenters. The molecule has 0 radical (unpaired) electrons. The van der Waals surface area contributed by atoms with E-state index in [2.05, 4.69) is 6.92 Å². The van der Waals surface area contributed by atoms with Crippen LogP contribution < -0.4 is 0 Å². The van der Waals surface area contributed by atoms with Crippen molar-refractivity contribution in [1.29, 1.82) is 0 Å². The van der Waals surface area contributed by atoms with Crippen LogP contribution in [0.4, 0.5) is 0 Å². The summed E-state index contributed by atoms with van der Waals surface area (Å²) in [5.74, 6) is 0. The van der Waals surface area contributed by atoms with Crippen LogP contribution >= 0.6 is 0 Å². The van der Waals surface area contributed by atoms with Gasteiger partial charge >= 0.3 is 0 Å². The first-order valence-electron chi connectivity index (χ1n) is 4.49. The van der Waals surface area contributed by atoms with E-state index in [-0.39, 0.29) is 6.10 Å². The van der Waals surface area contributed by atoms with Gasteiger partial charge in [0.2, 0.25) is 0 Å². The molecule has 0 aromatic heterocycles. The zero-order valence-corrected chi connectivity index (χ0v) is 8.34. The van der Waals surface area contributed by atoms with Crippen LogP contribution in [0.5, 0.6) is 0 Å². The molecule has 0 rings (SSSR count). The Kier molecular flexibility index (Phi) is 8.88. The van der Waals surface area contributed by atoms with Gasteiger partial charge in [-0.15, -0.1) is 0 Å². The SMILES string of the molecule is CCCOCCOC(C)COC. The van der Waals surface area contributed by atoms with Crippen LogP contribution in [-0.2, 0) is 14.2 Å². The third-order valence-corrected chi connectivity index (χ3v) is 1.38. The normalized spacial score (nSPS) is 13.2. The van der Waals surface area contributed by atoms with Gasteiger partial charge in [0.25, 0.3) is 0 Å². The summed E-state index contributed by atoms with van der Waals surface area (Å²) >= 11 is 0. The summed E-state index contributed by atoms with van der Waals surface area (Å²) in [6.45, 7) is 6.89. The van der Waals surface area contributed by atoms with Crippen LogP contribution in [0.25, 0.3) is 0 Å². The molecular weight excluding hydrogens is 156 g/mol. The maximum absolute atomic E-state index is 5.38. The lowest BCUT2D eigenvalue weighted by molar-refractivity contribution is -0.0195. The van der Waals surface area contributed by atoms with E-state index in [4.69, 9.17) is 14.2 Å². The second kappa shape index (κ2) is 8.97. The van der Waals surface area contributed by atoms with Gasteiger partial charge in [0.15, 0.2) is 0 Å². The molecule has 3 nitrogen and oxygen atoms in total. The zero-order chi connectivity index (χ0) is 9.23. The highest BCUT2D eigenvalue weighted by Crippen LogP contribution is 1.91. The predicted octanol–water partition coefficient (Wildman–Crippen LogP) is 1.46. The highest BCUT2D eigenvalue weighted by atomic mass is 16.5. The fourth-order valence-corrected chi connectivity index (χ4v) is 0.837.